The lowest BCUT2D eigenvalue weighted by molar-refractivity contribution is 0.109. The molecule has 0 spiro atoms. The maximum Gasteiger partial charge on any atom is 0.249 e. The fourth-order valence-corrected chi connectivity index (χ4v) is 2.34. The van der Waals surface area contributed by atoms with Crippen LogP contribution in [0.5, 0.6) is 0 Å². The summed E-state index contributed by atoms with van der Waals surface area (Å²) in [4.78, 5) is 12.3. The Bertz CT molecular complexity index is 378. The van der Waals surface area contributed by atoms with Crippen LogP contribution in [0, 0.1) is 0 Å². The summed E-state index contributed by atoms with van der Waals surface area (Å²) in [5.74, 6) is 0. The number of carbonyl (C=O) groups is 1. The molecule has 0 bridgehead atoms. The number of hydrogen-bond acceptors (Lipinski definition) is 3. The predicted molar refractivity (Wildman–Crippen MR) is 56.1 cm³/mol. The van der Waals surface area contributed by atoms with Crippen molar-refractivity contribution < 1.29 is 4.79 Å². The van der Waals surface area contributed by atoms with Gasteiger partial charge >= 0.3 is 0 Å². The second-order valence-corrected chi connectivity index (χ2v) is 4.32. The highest BCUT2D eigenvalue weighted by molar-refractivity contribution is 8.13. The van der Waals surface area contributed by atoms with E-state index < -0.39 is 0 Å². The Morgan fingerprint density at radius 1 is 1.31 bits per heavy atom. The number of thiophene rings is 1. The van der Waals surface area contributed by atoms with Crippen LogP contribution in [0.3, 0.4) is 0 Å². The average Bonchev–Trinajstić information content (AvgIpc) is 2.74. The molecular formula is C9H7NOS2. The minimum Gasteiger partial charge on any atom is -0.292 e. The SMILES string of the molecule is O=C(Sn1cccc1)c1cccs1. The molecule has 2 nitrogen and oxygen atoms in total. The molecule has 0 radical (unpaired) electrons. The summed E-state index contributed by atoms with van der Waals surface area (Å²) in [6, 6.07) is 7.51. The van der Waals surface area contributed by atoms with E-state index in [1.165, 1.54) is 23.3 Å². The summed E-state index contributed by atoms with van der Waals surface area (Å²) in [6.07, 6.45) is 3.71. The van der Waals surface area contributed by atoms with E-state index in [1.54, 1.807) is 3.97 Å². The van der Waals surface area contributed by atoms with Gasteiger partial charge in [-0.3, -0.25) is 8.77 Å². The zero-order valence-electron chi connectivity index (χ0n) is 6.71. The van der Waals surface area contributed by atoms with E-state index in [0.717, 1.165) is 4.88 Å². The maximum atomic E-state index is 11.5. The molecule has 4 heteroatoms. The molecule has 0 fully saturated rings. The van der Waals surface area contributed by atoms with Gasteiger partial charge in [0, 0.05) is 24.3 Å². The van der Waals surface area contributed by atoms with E-state index in [-0.39, 0.29) is 5.12 Å². The first-order chi connectivity index (χ1) is 6.36. The number of hydrogen-bond donors (Lipinski definition) is 0. The van der Waals surface area contributed by atoms with Gasteiger partial charge in [-0.05, 0) is 23.6 Å². The molecule has 0 aliphatic heterocycles. The minimum absolute atomic E-state index is 0.0891. The summed E-state index contributed by atoms with van der Waals surface area (Å²) < 4.78 is 1.79. The molecule has 0 saturated carbocycles. The highest BCUT2D eigenvalue weighted by Crippen LogP contribution is 2.18. The Kier molecular flexibility index (Phi) is 2.52. The molecular weight excluding hydrogens is 202 g/mol. The van der Waals surface area contributed by atoms with Crippen molar-refractivity contribution >= 4 is 28.4 Å². The Labute approximate surface area is 84.3 Å². The quantitative estimate of drug-likeness (QED) is 0.758. The van der Waals surface area contributed by atoms with Crippen LogP contribution in [0.1, 0.15) is 9.67 Å². The summed E-state index contributed by atoms with van der Waals surface area (Å²) in [5, 5.41) is 2.00. The van der Waals surface area contributed by atoms with E-state index >= 15 is 0 Å². The zero-order valence-corrected chi connectivity index (χ0v) is 8.35. The fraction of sp³-hybridized carbons (Fsp3) is 0. The van der Waals surface area contributed by atoms with E-state index in [9.17, 15) is 4.79 Å². The maximum absolute atomic E-state index is 11.5. The molecule has 0 N–H and O–H groups in total. The van der Waals surface area contributed by atoms with E-state index in [0.29, 0.717) is 0 Å². The van der Waals surface area contributed by atoms with Crippen molar-refractivity contribution in [3.8, 4) is 0 Å². The number of aromatic nitrogens is 1. The molecule has 2 heterocycles. The molecule has 0 aliphatic rings. The molecule has 0 amide bonds. The molecule has 2 rings (SSSR count). The fourth-order valence-electron chi connectivity index (χ4n) is 0.915. The number of nitrogens with zero attached hydrogens (tertiary/aromatic N) is 1. The molecule has 0 atom stereocenters. The Morgan fingerprint density at radius 3 is 2.69 bits per heavy atom. The monoisotopic (exact) mass is 209 g/mol. The van der Waals surface area contributed by atoms with Crippen molar-refractivity contribution in [3.05, 3.63) is 46.9 Å². The lowest BCUT2D eigenvalue weighted by Gasteiger charge is -1.97. The van der Waals surface area contributed by atoms with Crippen molar-refractivity contribution in [1.29, 1.82) is 0 Å². The molecule has 13 heavy (non-hydrogen) atoms. The molecule has 0 unspecified atom stereocenters. The van der Waals surface area contributed by atoms with Gasteiger partial charge in [0.25, 0.3) is 0 Å². The van der Waals surface area contributed by atoms with E-state index in [4.69, 9.17) is 0 Å². The van der Waals surface area contributed by atoms with Crippen molar-refractivity contribution in [2.45, 2.75) is 0 Å². The van der Waals surface area contributed by atoms with Crippen LogP contribution in [0.15, 0.2) is 42.0 Å². The average molecular weight is 209 g/mol. The summed E-state index contributed by atoms with van der Waals surface area (Å²) in [5.41, 5.74) is 0. The van der Waals surface area contributed by atoms with Gasteiger partial charge in [-0.25, -0.2) is 0 Å². The Hall–Kier alpha value is -1.00. The molecule has 0 aliphatic carbocycles. The number of rotatable bonds is 2. The highest BCUT2D eigenvalue weighted by atomic mass is 32.2. The molecule has 0 saturated heterocycles. The minimum atomic E-state index is 0.0891. The van der Waals surface area contributed by atoms with Crippen molar-refractivity contribution in [2.75, 3.05) is 0 Å². The predicted octanol–water partition coefficient (Wildman–Crippen LogP) is 2.89. The largest absolute Gasteiger partial charge is 0.292 e. The van der Waals surface area contributed by atoms with Crippen molar-refractivity contribution in [3.63, 3.8) is 0 Å². The first kappa shape index (κ1) is 8.59. The van der Waals surface area contributed by atoms with Gasteiger partial charge in [-0.15, -0.1) is 11.3 Å². The lowest BCUT2D eigenvalue weighted by atomic mass is 10.5. The lowest BCUT2D eigenvalue weighted by Crippen LogP contribution is -1.92. The third-order valence-electron chi connectivity index (χ3n) is 1.49. The van der Waals surface area contributed by atoms with Crippen LogP contribution >= 0.6 is 23.3 Å². The van der Waals surface area contributed by atoms with Crippen LogP contribution in [-0.4, -0.2) is 9.09 Å². The number of carbonyl (C=O) groups excluding carboxylic acids is 1. The van der Waals surface area contributed by atoms with Gasteiger partial charge in [0.15, 0.2) is 0 Å². The van der Waals surface area contributed by atoms with Crippen LogP contribution in [0.4, 0.5) is 0 Å². The van der Waals surface area contributed by atoms with Gasteiger partial charge in [0.1, 0.15) is 0 Å². The van der Waals surface area contributed by atoms with Crippen LogP contribution in [0.2, 0.25) is 0 Å². The van der Waals surface area contributed by atoms with E-state index in [2.05, 4.69) is 0 Å². The standard InChI is InChI=1S/C9H7NOS2/c11-9(8-4-3-7-12-8)13-10-5-1-2-6-10/h1-7H. The summed E-state index contributed by atoms with van der Waals surface area (Å²) in [7, 11) is 0. The van der Waals surface area contributed by atoms with Crippen LogP contribution in [0.25, 0.3) is 0 Å². The Morgan fingerprint density at radius 2 is 2.08 bits per heavy atom. The molecule has 2 aromatic rings. The third-order valence-corrected chi connectivity index (χ3v) is 3.33. The van der Waals surface area contributed by atoms with Crippen molar-refractivity contribution in [2.24, 2.45) is 0 Å². The topological polar surface area (TPSA) is 22.0 Å². The molecule has 2 aromatic heterocycles. The smallest absolute Gasteiger partial charge is 0.249 e. The van der Waals surface area contributed by atoms with Crippen molar-refractivity contribution in [1.82, 2.24) is 3.97 Å². The first-order valence-corrected chi connectivity index (χ1v) is 5.41. The molecule has 0 aromatic carbocycles. The summed E-state index contributed by atoms with van der Waals surface area (Å²) >= 11 is 2.67. The third kappa shape index (κ3) is 2.02. The van der Waals surface area contributed by atoms with E-state index in [1.807, 2.05) is 42.0 Å². The second kappa shape index (κ2) is 3.81. The first-order valence-electron chi connectivity index (χ1n) is 3.75. The van der Waals surface area contributed by atoms with Gasteiger partial charge in [0.2, 0.25) is 5.12 Å². The highest BCUT2D eigenvalue weighted by Gasteiger charge is 2.07. The Balaban J connectivity index is 2.08. The van der Waals surface area contributed by atoms with Crippen LogP contribution in [-0.2, 0) is 0 Å². The van der Waals surface area contributed by atoms with Gasteiger partial charge < -0.3 is 0 Å². The van der Waals surface area contributed by atoms with Gasteiger partial charge in [-0.2, -0.15) is 0 Å². The molecule has 66 valence electrons. The summed E-state index contributed by atoms with van der Waals surface area (Å²) in [6.45, 7) is 0. The van der Waals surface area contributed by atoms with Gasteiger partial charge in [0.05, 0.1) is 4.88 Å². The van der Waals surface area contributed by atoms with Crippen LogP contribution < -0.4 is 0 Å². The normalized spacial score (nSPS) is 10.2. The van der Waals surface area contributed by atoms with Gasteiger partial charge in [-0.1, -0.05) is 6.07 Å². The zero-order chi connectivity index (χ0) is 9.10. The second-order valence-electron chi connectivity index (χ2n) is 2.40.